The maximum absolute atomic E-state index is 11.6. The topological polar surface area (TPSA) is 41.1 Å². The first-order valence-corrected chi connectivity index (χ1v) is 6.59. The highest BCUT2D eigenvalue weighted by Gasteiger charge is 2.22. The summed E-state index contributed by atoms with van der Waals surface area (Å²) in [6, 6.07) is -0.155. The summed E-state index contributed by atoms with van der Waals surface area (Å²) in [5, 5.41) is 6.00. The first kappa shape index (κ1) is 14.1. The van der Waals surface area contributed by atoms with Crippen LogP contribution in [0.2, 0.25) is 0 Å². The number of carbonyl (C=O) groups is 1. The molecule has 0 aromatic heterocycles. The van der Waals surface area contributed by atoms with E-state index in [0.717, 1.165) is 12.5 Å². The van der Waals surface area contributed by atoms with Gasteiger partial charge in [0.2, 0.25) is 5.91 Å². The van der Waals surface area contributed by atoms with Gasteiger partial charge < -0.3 is 10.6 Å². The van der Waals surface area contributed by atoms with Crippen molar-refractivity contribution in [3.63, 3.8) is 0 Å². The van der Waals surface area contributed by atoms with Crippen molar-refractivity contribution in [1.29, 1.82) is 0 Å². The molecule has 3 atom stereocenters. The molecule has 0 radical (unpaired) electrons. The second-order valence-electron chi connectivity index (χ2n) is 5.07. The lowest BCUT2D eigenvalue weighted by molar-refractivity contribution is -0.122. The van der Waals surface area contributed by atoms with E-state index >= 15 is 0 Å². The fourth-order valence-corrected chi connectivity index (χ4v) is 2.41. The third-order valence-corrected chi connectivity index (χ3v) is 3.73. The molecule has 3 nitrogen and oxygen atoms in total. The summed E-state index contributed by atoms with van der Waals surface area (Å²) in [6.45, 7) is 5.45. The number of hydrogen-bond donors (Lipinski definition) is 2. The predicted octanol–water partition coefficient (Wildman–Crippen LogP) is 1.54. The zero-order valence-corrected chi connectivity index (χ0v) is 11.0. The second kappa shape index (κ2) is 7.34. The minimum atomic E-state index is -0.155. The lowest BCUT2D eigenvalue weighted by atomic mass is 9.80. The van der Waals surface area contributed by atoms with Crippen molar-refractivity contribution in [3.05, 3.63) is 0 Å². The summed E-state index contributed by atoms with van der Waals surface area (Å²) in [4.78, 5) is 11.6. The van der Waals surface area contributed by atoms with E-state index in [0.29, 0.717) is 12.5 Å². The molecule has 17 heavy (non-hydrogen) atoms. The van der Waals surface area contributed by atoms with Crippen LogP contribution in [-0.4, -0.2) is 25.0 Å². The smallest absolute Gasteiger partial charge is 0.237 e. The molecule has 1 aliphatic rings. The lowest BCUT2D eigenvalue weighted by Gasteiger charge is -2.29. The number of amides is 1. The predicted molar refractivity (Wildman–Crippen MR) is 70.4 cm³/mol. The summed E-state index contributed by atoms with van der Waals surface area (Å²) in [5.74, 6) is 3.89. The van der Waals surface area contributed by atoms with Crippen LogP contribution in [0.5, 0.6) is 0 Å². The third kappa shape index (κ3) is 4.79. The first-order chi connectivity index (χ1) is 8.15. The number of terminal acetylenes is 1. The first-order valence-electron chi connectivity index (χ1n) is 6.59. The summed E-state index contributed by atoms with van der Waals surface area (Å²) < 4.78 is 0. The van der Waals surface area contributed by atoms with Crippen molar-refractivity contribution in [2.24, 2.45) is 11.8 Å². The van der Waals surface area contributed by atoms with Crippen LogP contribution in [0.25, 0.3) is 0 Å². The van der Waals surface area contributed by atoms with Crippen LogP contribution in [0.3, 0.4) is 0 Å². The fraction of sp³-hybridized carbons (Fsp3) is 0.786. The van der Waals surface area contributed by atoms with Crippen molar-refractivity contribution in [2.75, 3.05) is 13.1 Å². The van der Waals surface area contributed by atoms with E-state index in [1.165, 1.54) is 25.7 Å². The largest absolute Gasteiger partial charge is 0.344 e. The Labute approximate surface area is 105 Å². The highest BCUT2D eigenvalue weighted by Crippen LogP contribution is 2.28. The van der Waals surface area contributed by atoms with Gasteiger partial charge in [-0.3, -0.25) is 4.79 Å². The average molecular weight is 236 g/mol. The van der Waals surface area contributed by atoms with Crippen molar-refractivity contribution in [1.82, 2.24) is 10.6 Å². The van der Waals surface area contributed by atoms with Gasteiger partial charge in [-0.2, -0.15) is 0 Å². The Morgan fingerprint density at radius 2 is 2.18 bits per heavy atom. The van der Waals surface area contributed by atoms with E-state index in [4.69, 9.17) is 6.42 Å². The molecule has 1 rings (SSSR count). The van der Waals surface area contributed by atoms with Gasteiger partial charge in [0.1, 0.15) is 0 Å². The van der Waals surface area contributed by atoms with Crippen LogP contribution in [0.15, 0.2) is 0 Å². The Morgan fingerprint density at radius 3 is 2.82 bits per heavy atom. The Hall–Kier alpha value is -1.01. The minimum Gasteiger partial charge on any atom is -0.344 e. The standard InChI is InChI=1S/C14H24N2O/c1-4-9-15-14(17)12(3)16-10-13-8-6-5-7-11(13)2/h1,11-13,16H,5-10H2,2-3H3,(H,15,17). The quantitative estimate of drug-likeness (QED) is 0.711. The fourth-order valence-electron chi connectivity index (χ4n) is 2.41. The van der Waals surface area contributed by atoms with Gasteiger partial charge >= 0.3 is 0 Å². The molecular formula is C14H24N2O. The van der Waals surface area contributed by atoms with E-state index in [1.807, 2.05) is 6.92 Å². The molecule has 0 aliphatic heterocycles. The molecule has 1 saturated carbocycles. The molecule has 0 spiro atoms. The number of carbonyl (C=O) groups excluding carboxylic acids is 1. The lowest BCUT2D eigenvalue weighted by Crippen LogP contribution is -2.44. The zero-order valence-electron chi connectivity index (χ0n) is 11.0. The molecule has 0 aromatic rings. The third-order valence-electron chi connectivity index (χ3n) is 3.73. The van der Waals surface area contributed by atoms with E-state index in [2.05, 4.69) is 23.5 Å². The number of nitrogens with one attached hydrogen (secondary N) is 2. The molecule has 1 aliphatic carbocycles. The molecule has 3 unspecified atom stereocenters. The van der Waals surface area contributed by atoms with Crippen LogP contribution >= 0.6 is 0 Å². The van der Waals surface area contributed by atoms with Crippen molar-refractivity contribution < 1.29 is 4.79 Å². The average Bonchev–Trinajstić information content (AvgIpc) is 2.34. The van der Waals surface area contributed by atoms with Gasteiger partial charge in [-0.25, -0.2) is 0 Å². The maximum atomic E-state index is 11.6. The van der Waals surface area contributed by atoms with Crippen LogP contribution in [0, 0.1) is 24.2 Å². The van der Waals surface area contributed by atoms with Gasteiger partial charge in [-0.05, 0) is 31.7 Å². The van der Waals surface area contributed by atoms with Gasteiger partial charge in [0.25, 0.3) is 0 Å². The van der Waals surface area contributed by atoms with Gasteiger partial charge in [0.15, 0.2) is 0 Å². The Morgan fingerprint density at radius 1 is 1.47 bits per heavy atom. The van der Waals surface area contributed by atoms with Crippen molar-refractivity contribution in [2.45, 2.75) is 45.6 Å². The Bertz CT molecular complexity index is 282. The van der Waals surface area contributed by atoms with E-state index in [9.17, 15) is 4.79 Å². The summed E-state index contributed by atoms with van der Waals surface area (Å²) in [6.07, 6.45) is 10.4. The summed E-state index contributed by atoms with van der Waals surface area (Å²) in [7, 11) is 0. The maximum Gasteiger partial charge on any atom is 0.237 e. The molecule has 2 N–H and O–H groups in total. The molecule has 0 heterocycles. The van der Waals surface area contributed by atoms with Crippen LogP contribution in [0.1, 0.15) is 39.5 Å². The molecule has 1 fully saturated rings. The van der Waals surface area contributed by atoms with Crippen LogP contribution in [-0.2, 0) is 4.79 Å². The van der Waals surface area contributed by atoms with Gasteiger partial charge in [-0.15, -0.1) is 6.42 Å². The summed E-state index contributed by atoms with van der Waals surface area (Å²) >= 11 is 0. The number of rotatable bonds is 5. The van der Waals surface area contributed by atoms with Crippen LogP contribution in [0.4, 0.5) is 0 Å². The molecule has 3 heteroatoms. The number of hydrogen-bond acceptors (Lipinski definition) is 2. The molecule has 1 amide bonds. The normalized spacial score (nSPS) is 25.9. The highest BCUT2D eigenvalue weighted by molar-refractivity contribution is 5.81. The van der Waals surface area contributed by atoms with Crippen molar-refractivity contribution in [3.8, 4) is 12.3 Å². The molecule has 0 bridgehead atoms. The SMILES string of the molecule is C#CCNC(=O)C(C)NCC1CCCCC1C. The van der Waals surface area contributed by atoms with Crippen LogP contribution < -0.4 is 10.6 Å². The molecule has 0 aromatic carbocycles. The van der Waals surface area contributed by atoms with Crippen molar-refractivity contribution >= 4 is 5.91 Å². The Kier molecular flexibility index (Phi) is 6.07. The van der Waals surface area contributed by atoms with E-state index in [1.54, 1.807) is 0 Å². The highest BCUT2D eigenvalue weighted by atomic mass is 16.2. The molecule has 96 valence electrons. The molecule has 0 saturated heterocycles. The van der Waals surface area contributed by atoms with Gasteiger partial charge in [-0.1, -0.05) is 32.1 Å². The second-order valence-corrected chi connectivity index (χ2v) is 5.07. The zero-order chi connectivity index (χ0) is 12.7. The minimum absolute atomic E-state index is 0.00795. The van der Waals surface area contributed by atoms with Gasteiger partial charge in [0.05, 0.1) is 12.6 Å². The summed E-state index contributed by atoms with van der Waals surface area (Å²) in [5.41, 5.74) is 0. The van der Waals surface area contributed by atoms with Gasteiger partial charge in [0, 0.05) is 0 Å². The van der Waals surface area contributed by atoms with E-state index < -0.39 is 0 Å². The Balaban J connectivity index is 2.24. The molecular weight excluding hydrogens is 212 g/mol. The van der Waals surface area contributed by atoms with E-state index in [-0.39, 0.29) is 11.9 Å². The monoisotopic (exact) mass is 236 g/mol.